The third-order valence-electron chi connectivity index (χ3n) is 3.06. The molecule has 16 heavy (non-hydrogen) atoms. The van der Waals surface area contributed by atoms with Crippen LogP contribution in [0.5, 0.6) is 0 Å². The van der Waals surface area contributed by atoms with Crippen LogP contribution in [0.1, 0.15) is 26.2 Å². The van der Waals surface area contributed by atoms with E-state index in [1.165, 1.54) is 0 Å². The van der Waals surface area contributed by atoms with Gasteiger partial charge >= 0.3 is 0 Å². The van der Waals surface area contributed by atoms with Crippen molar-refractivity contribution in [2.24, 2.45) is 5.84 Å². The van der Waals surface area contributed by atoms with Gasteiger partial charge in [0.1, 0.15) is 18.3 Å². The Balaban J connectivity index is 2.65. The van der Waals surface area contributed by atoms with Crippen LogP contribution in [0, 0.1) is 0 Å². The molecule has 0 spiro atoms. The highest BCUT2D eigenvalue weighted by molar-refractivity contribution is 4.95. The Morgan fingerprint density at radius 2 is 1.94 bits per heavy atom. The quantitative estimate of drug-likeness (QED) is 0.292. The maximum Gasteiger partial charge on any atom is 0.110 e. The Kier molecular flexibility index (Phi) is 5.60. The highest BCUT2D eigenvalue weighted by Crippen LogP contribution is 2.23. The SMILES string of the molecule is CCCCC1OC(CO)C(O)C(O)C1NN. The standard InChI is InChI=1S/C10H22N2O4/c1-2-3-4-6-8(12-11)10(15)9(14)7(5-13)16-6/h6-10,12-15H,2-5,11H2,1H3. The molecule has 1 saturated heterocycles. The molecule has 0 bridgehead atoms. The number of hydrogen-bond acceptors (Lipinski definition) is 6. The summed E-state index contributed by atoms with van der Waals surface area (Å²) in [6, 6.07) is -0.496. The molecule has 6 heteroatoms. The molecule has 6 N–H and O–H groups in total. The summed E-state index contributed by atoms with van der Waals surface area (Å²) in [5, 5.41) is 28.5. The molecular weight excluding hydrogens is 212 g/mol. The minimum Gasteiger partial charge on any atom is -0.394 e. The first kappa shape index (κ1) is 13.8. The van der Waals surface area contributed by atoms with Crippen LogP contribution in [0.2, 0.25) is 0 Å². The van der Waals surface area contributed by atoms with Crippen molar-refractivity contribution in [3.63, 3.8) is 0 Å². The average Bonchev–Trinajstić information content (AvgIpc) is 2.30. The molecule has 1 heterocycles. The first-order valence-corrected chi connectivity index (χ1v) is 5.74. The van der Waals surface area contributed by atoms with E-state index in [0.717, 1.165) is 19.3 Å². The number of aliphatic hydroxyl groups is 3. The van der Waals surface area contributed by atoms with Crippen LogP contribution >= 0.6 is 0 Å². The van der Waals surface area contributed by atoms with Gasteiger partial charge in [0.2, 0.25) is 0 Å². The van der Waals surface area contributed by atoms with Crippen molar-refractivity contribution < 1.29 is 20.1 Å². The summed E-state index contributed by atoms with van der Waals surface area (Å²) in [6.45, 7) is 1.75. The van der Waals surface area contributed by atoms with E-state index >= 15 is 0 Å². The second kappa shape index (κ2) is 6.48. The zero-order valence-electron chi connectivity index (χ0n) is 9.54. The lowest BCUT2D eigenvalue weighted by Crippen LogP contribution is -2.64. The van der Waals surface area contributed by atoms with Gasteiger partial charge in [-0.3, -0.25) is 11.3 Å². The number of rotatable bonds is 5. The fourth-order valence-electron chi connectivity index (χ4n) is 2.05. The van der Waals surface area contributed by atoms with E-state index < -0.39 is 24.4 Å². The molecule has 1 aliphatic rings. The number of hydrogen-bond donors (Lipinski definition) is 5. The maximum absolute atomic E-state index is 9.83. The van der Waals surface area contributed by atoms with Gasteiger partial charge in [-0.1, -0.05) is 19.8 Å². The second-order valence-corrected chi connectivity index (χ2v) is 4.21. The monoisotopic (exact) mass is 234 g/mol. The maximum atomic E-state index is 9.83. The van der Waals surface area contributed by atoms with Crippen molar-refractivity contribution in [1.29, 1.82) is 0 Å². The molecule has 96 valence electrons. The van der Waals surface area contributed by atoms with E-state index in [1.807, 2.05) is 0 Å². The number of nitrogens with one attached hydrogen (secondary N) is 1. The summed E-state index contributed by atoms with van der Waals surface area (Å²) in [5.41, 5.74) is 2.47. The number of unbranched alkanes of at least 4 members (excludes halogenated alkanes) is 1. The minimum absolute atomic E-state index is 0.277. The molecule has 0 amide bonds. The minimum atomic E-state index is -1.11. The molecule has 0 aromatic heterocycles. The fourth-order valence-corrected chi connectivity index (χ4v) is 2.05. The average molecular weight is 234 g/mol. The first-order chi connectivity index (χ1) is 7.65. The predicted octanol–water partition coefficient (Wildman–Crippen LogP) is -1.51. The highest BCUT2D eigenvalue weighted by Gasteiger charge is 2.43. The zero-order chi connectivity index (χ0) is 12.1. The van der Waals surface area contributed by atoms with Gasteiger partial charge in [-0.2, -0.15) is 0 Å². The smallest absolute Gasteiger partial charge is 0.110 e. The Morgan fingerprint density at radius 1 is 1.25 bits per heavy atom. The van der Waals surface area contributed by atoms with Gasteiger partial charge in [0.05, 0.1) is 18.8 Å². The lowest BCUT2D eigenvalue weighted by molar-refractivity contribution is -0.196. The van der Waals surface area contributed by atoms with E-state index in [2.05, 4.69) is 12.3 Å². The van der Waals surface area contributed by atoms with Crippen LogP contribution < -0.4 is 11.3 Å². The van der Waals surface area contributed by atoms with Gasteiger partial charge in [0.15, 0.2) is 0 Å². The van der Waals surface area contributed by atoms with Crippen molar-refractivity contribution in [3.8, 4) is 0 Å². The summed E-state index contributed by atoms with van der Waals surface area (Å²) in [7, 11) is 0. The van der Waals surface area contributed by atoms with Crippen LogP contribution in [0.25, 0.3) is 0 Å². The third kappa shape index (κ3) is 2.91. The molecule has 1 fully saturated rings. The van der Waals surface area contributed by atoms with Crippen molar-refractivity contribution >= 4 is 0 Å². The summed E-state index contributed by atoms with van der Waals surface area (Å²) in [5.74, 6) is 5.34. The molecule has 0 aromatic rings. The largest absolute Gasteiger partial charge is 0.394 e. The van der Waals surface area contributed by atoms with Gasteiger partial charge in [-0.25, -0.2) is 0 Å². The van der Waals surface area contributed by atoms with Crippen molar-refractivity contribution in [2.45, 2.75) is 56.6 Å². The Morgan fingerprint density at radius 3 is 2.44 bits per heavy atom. The van der Waals surface area contributed by atoms with E-state index in [4.69, 9.17) is 15.7 Å². The van der Waals surface area contributed by atoms with Gasteiger partial charge in [0.25, 0.3) is 0 Å². The van der Waals surface area contributed by atoms with Crippen LogP contribution in [-0.2, 0) is 4.74 Å². The first-order valence-electron chi connectivity index (χ1n) is 5.74. The third-order valence-corrected chi connectivity index (χ3v) is 3.06. The molecule has 0 radical (unpaired) electrons. The topological polar surface area (TPSA) is 108 Å². The molecule has 5 unspecified atom stereocenters. The predicted molar refractivity (Wildman–Crippen MR) is 58.4 cm³/mol. The molecule has 0 aliphatic carbocycles. The van der Waals surface area contributed by atoms with Gasteiger partial charge in [0, 0.05) is 0 Å². The molecule has 1 aliphatic heterocycles. The summed E-state index contributed by atoms with van der Waals surface area (Å²) >= 11 is 0. The number of nitrogens with two attached hydrogens (primary N) is 1. The second-order valence-electron chi connectivity index (χ2n) is 4.21. The van der Waals surface area contributed by atoms with Crippen LogP contribution in [-0.4, -0.2) is 52.4 Å². The molecule has 0 aromatic carbocycles. The zero-order valence-corrected chi connectivity index (χ0v) is 9.54. The Hall–Kier alpha value is -0.240. The number of hydrazine groups is 1. The molecule has 5 atom stereocenters. The summed E-state index contributed by atoms with van der Waals surface area (Å²) < 4.78 is 5.52. The van der Waals surface area contributed by atoms with Crippen molar-refractivity contribution in [3.05, 3.63) is 0 Å². The van der Waals surface area contributed by atoms with E-state index in [9.17, 15) is 10.2 Å². The fraction of sp³-hybridized carbons (Fsp3) is 1.00. The number of aliphatic hydroxyl groups excluding tert-OH is 3. The van der Waals surface area contributed by atoms with Gasteiger partial charge in [-0.05, 0) is 6.42 Å². The molecule has 6 nitrogen and oxygen atoms in total. The summed E-state index contributed by atoms with van der Waals surface area (Å²) in [4.78, 5) is 0. The Bertz CT molecular complexity index is 205. The van der Waals surface area contributed by atoms with Crippen LogP contribution in [0.4, 0.5) is 0 Å². The molecule has 0 saturated carbocycles. The van der Waals surface area contributed by atoms with E-state index in [-0.39, 0.29) is 12.7 Å². The number of ether oxygens (including phenoxy) is 1. The van der Waals surface area contributed by atoms with Gasteiger partial charge < -0.3 is 20.1 Å². The molecule has 1 rings (SSSR count). The van der Waals surface area contributed by atoms with E-state index in [1.54, 1.807) is 0 Å². The molecular formula is C10H22N2O4. The normalized spacial score (nSPS) is 39.9. The highest BCUT2D eigenvalue weighted by atomic mass is 16.5. The lowest BCUT2D eigenvalue weighted by atomic mass is 9.91. The van der Waals surface area contributed by atoms with Crippen LogP contribution in [0.3, 0.4) is 0 Å². The van der Waals surface area contributed by atoms with Gasteiger partial charge in [-0.15, -0.1) is 0 Å². The van der Waals surface area contributed by atoms with Crippen molar-refractivity contribution in [2.75, 3.05) is 6.61 Å². The Labute approximate surface area is 95.4 Å². The lowest BCUT2D eigenvalue weighted by Gasteiger charge is -2.42. The summed E-state index contributed by atoms with van der Waals surface area (Å²) in [6.07, 6.45) is -0.432. The van der Waals surface area contributed by atoms with E-state index in [0.29, 0.717) is 0 Å². The van der Waals surface area contributed by atoms with Crippen molar-refractivity contribution in [1.82, 2.24) is 5.43 Å². The van der Waals surface area contributed by atoms with Crippen LogP contribution in [0.15, 0.2) is 0 Å².